The van der Waals surface area contributed by atoms with Crippen LogP contribution < -0.4 is 14.7 Å². The maximum absolute atomic E-state index is 13.0. The lowest BCUT2D eigenvalue weighted by Gasteiger charge is -2.36. The Hall–Kier alpha value is -2.08. The van der Waals surface area contributed by atoms with E-state index in [0.717, 1.165) is 36.9 Å². The van der Waals surface area contributed by atoms with Crippen molar-refractivity contribution in [2.24, 2.45) is 0 Å². The summed E-state index contributed by atoms with van der Waals surface area (Å²) in [5.74, 6) is -0.285. The molecule has 0 radical (unpaired) electrons. The van der Waals surface area contributed by atoms with Gasteiger partial charge in [-0.1, -0.05) is 35.3 Å². The number of quaternary nitrogens is 1. The van der Waals surface area contributed by atoms with Crippen molar-refractivity contribution in [3.63, 3.8) is 0 Å². The molecule has 0 saturated carbocycles. The van der Waals surface area contributed by atoms with E-state index < -0.39 is 0 Å². The van der Waals surface area contributed by atoms with Gasteiger partial charge in [0, 0.05) is 15.7 Å². The van der Waals surface area contributed by atoms with Gasteiger partial charge in [-0.2, -0.15) is 0 Å². The molecular weight excluding hydrogens is 397 g/mol. The lowest BCUT2D eigenvalue weighted by molar-refractivity contribution is -0.915. The van der Waals surface area contributed by atoms with Gasteiger partial charge in [-0.15, -0.1) is 0 Å². The second-order valence-corrected chi connectivity index (χ2v) is 8.25. The number of amides is 2. The number of hydrogen-bond acceptors (Lipinski definition) is 3. The molecule has 0 aliphatic carbocycles. The molecule has 2 aromatic carbocycles. The van der Waals surface area contributed by atoms with Crippen molar-refractivity contribution in [2.45, 2.75) is 19.4 Å². The van der Waals surface area contributed by atoms with Gasteiger partial charge in [-0.3, -0.25) is 9.59 Å². The van der Waals surface area contributed by atoms with Crippen LogP contribution in [0.4, 0.5) is 11.4 Å². The molecule has 0 aromatic heterocycles. The van der Waals surface area contributed by atoms with Crippen molar-refractivity contribution in [3.05, 3.63) is 58.1 Å². The number of aryl methyl sites for hydroxylation is 1. The molecule has 2 amide bonds. The molecule has 2 fully saturated rings. The van der Waals surface area contributed by atoms with E-state index in [-0.39, 0.29) is 24.3 Å². The Morgan fingerprint density at radius 3 is 2.43 bits per heavy atom. The molecule has 2 aliphatic heterocycles. The molecule has 0 bridgehead atoms. The first kappa shape index (κ1) is 19.2. The van der Waals surface area contributed by atoms with Crippen LogP contribution in [0.2, 0.25) is 10.0 Å². The van der Waals surface area contributed by atoms with Gasteiger partial charge in [0.1, 0.15) is 0 Å². The molecule has 0 spiro atoms. The highest BCUT2D eigenvalue weighted by atomic mass is 35.5. The van der Waals surface area contributed by atoms with Crippen molar-refractivity contribution in [1.82, 2.24) is 0 Å². The highest BCUT2D eigenvalue weighted by molar-refractivity contribution is 6.31. The van der Waals surface area contributed by atoms with Gasteiger partial charge in [0.25, 0.3) is 5.91 Å². The summed E-state index contributed by atoms with van der Waals surface area (Å²) in [7, 11) is 0. The molecule has 1 N–H and O–H groups in total. The maximum atomic E-state index is 13.0. The fourth-order valence-corrected chi connectivity index (χ4v) is 4.49. The number of carbonyl (C=O) groups excluding carboxylic acids is 2. The van der Waals surface area contributed by atoms with Gasteiger partial charge in [0.05, 0.1) is 38.3 Å². The van der Waals surface area contributed by atoms with Crippen LogP contribution in [-0.4, -0.2) is 44.0 Å². The molecule has 2 aliphatic rings. The van der Waals surface area contributed by atoms with E-state index in [4.69, 9.17) is 23.2 Å². The van der Waals surface area contributed by atoms with Crippen LogP contribution >= 0.6 is 23.2 Å². The number of nitrogens with one attached hydrogen (secondary N) is 1. The molecule has 146 valence electrons. The predicted octanol–water partition coefficient (Wildman–Crippen LogP) is 2.34. The summed E-state index contributed by atoms with van der Waals surface area (Å²) in [6.07, 6.45) is 0.247. The number of anilines is 2. The summed E-state index contributed by atoms with van der Waals surface area (Å²) in [5, 5.41) is 1.24. The standard InChI is InChI=1S/C21H21Cl2N3O2/c1-14-5-6-16(23)12-18(14)24-7-9-25(10-8-24)19-13-20(27)26(21(19)28)17-4-2-3-15(22)11-17/h2-6,11-12,19H,7-10,13H2,1H3/p+1/t19-/m1/s1. The number of imide groups is 1. The third-order valence-electron chi connectivity index (χ3n) is 5.62. The van der Waals surface area contributed by atoms with Crippen LogP contribution in [0, 0.1) is 6.92 Å². The Balaban J connectivity index is 1.46. The summed E-state index contributed by atoms with van der Waals surface area (Å²) in [6.45, 7) is 5.34. The zero-order valence-corrected chi connectivity index (χ0v) is 17.1. The average Bonchev–Trinajstić information content (AvgIpc) is 2.98. The minimum Gasteiger partial charge on any atom is -0.360 e. The number of halogens is 2. The summed E-state index contributed by atoms with van der Waals surface area (Å²) in [4.78, 5) is 30.3. The van der Waals surface area contributed by atoms with E-state index in [2.05, 4.69) is 11.8 Å². The summed E-state index contributed by atoms with van der Waals surface area (Å²) < 4.78 is 0. The maximum Gasteiger partial charge on any atom is 0.292 e. The normalized spacial score (nSPS) is 20.9. The van der Waals surface area contributed by atoms with Gasteiger partial charge < -0.3 is 9.80 Å². The number of benzene rings is 2. The third-order valence-corrected chi connectivity index (χ3v) is 6.09. The highest BCUT2D eigenvalue weighted by Gasteiger charge is 2.46. The van der Waals surface area contributed by atoms with Crippen molar-refractivity contribution >= 4 is 46.4 Å². The molecule has 2 saturated heterocycles. The quantitative estimate of drug-likeness (QED) is 0.777. The fraction of sp³-hybridized carbons (Fsp3) is 0.333. The van der Waals surface area contributed by atoms with Gasteiger partial charge >= 0.3 is 0 Å². The summed E-state index contributed by atoms with van der Waals surface area (Å²) in [5.41, 5.74) is 2.88. The first-order chi connectivity index (χ1) is 13.4. The monoisotopic (exact) mass is 418 g/mol. The second kappa shape index (κ2) is 7.74. The largest absolute Gasteiger partial charge is 0.360 e. The molecule has 0 unspecified atom stereocenters. The summed E-state index contributed by atoms with van der Waals surface area (Å²) >= 11 is 12.2. The average molecular weight is 419 g/mol. The van der Waals surface area contributed by atoms with Gasteiger partial charge in [-0.05, 0) is 42.8 Å². The first-order valence-electron chi connectivity index (χ1n) is 9.42. The molecule has 2 heterocycles. The van der Waals surface area contributed by atoms with Crippen LogP contribution in [0.25, 0.3) is 0 Å². The lowest BCUT2D eigenvalue weighted by Crippen LogP contribution is -3.19. The Kier molecular flexibility index (Phi) is 5.32. The Morgan fingerprint density at radius 1 is 1.00 bits per heavy atom. The van der Waals surface area contributed by atoms with Crippen LogP contribution in [0.5, 0.6) is 0 Å². The Bertz CT molecular complexity index is 926. The topological polar surface area (TPSA) is 45.1 Å². The van der Waals surface area contributed by atoms with E-state index in [1.165, 1.54) is 15.4 Å². The van der Waals surface area contributed by atoms with Crippen LogP contribution in [-0.2, 0) is 9.59 Å². The van der Waals surface area contributed by atoms with E-state index in [1.54, 1.807) is 24.3 Å². The van der Waals surface area contributed by atoms with Gasteiger partial charge in [0.2, 0.25) is 5.91 Å². The molecule has 28 heavy (non-hydrogen) atoms. The van der Waals surface area contributed by atoms with Crippen molar-refractivity contribution in [2.75, 3.05) is 36.0 Å². The van der Waals surface area contributed by atoms with E-state index >= 15 is 0 Å². The number of piperazine rings is 1. The SMILES string of the molecule is Cc1ccc(Cl)cc1N1CC[NH+]([C@@H]2CC(=O)N(c3cccc(Cl)c3)C2=O)CC1. The predicted molar refractivity (Wildman–Crippen MR) is 111 cm³/mol. The molecule has 4 rings (SSSR count). The second-order valence-electron chi connectivity index (χ2n) is 7.38. The smallest absolute Gasteiger partial charge is 0.292 e. The molecule has 7 heteroatoms. The minimum absolute atomic E-state index is 0.130. The zero-order valence-electron chi connectivity index (χ0n) is 15.6. The fourth-order valence-electron chi connectivity index (χ4n) is 4.14. The first-order valence-corrected chi connectivity index (χ1v) is 10.2. The molecular formula is C21H22Cl2N3O2+. The van der Waals surface area contributed by atoms with Gasteiger partial charge in [-0.25, -0.2) is 4.90 Å². The van der Waals surface area contributed by atoms with Gasteiger partial charge in [0.15, 0.2) is 6.04 Å². The van der Waals surface area contributed by atoms with E-state index in [9.17, 15) is 9.59 Å². The highest BCUT2D eigenvalue weighted by Crippen LogP contribution is 2.26. The van der Waals surface area contributed by atoms with E-state index in [1.807, 2.05) is 18.2 Å². The molecule has 5 nitrogen and oxygen atoms in total. The summed E-state index contributed by atoms with van der Waals surface area (Å²) in [6, 6.07) is 12.5. The molecule has 2 aromatic rings. The zero-order chi connectivity index (χ0) is 19.8. The third kappa shape index (κ3) is 3.62. The van der Waals surface area contributed by atoms with Crippen LogP contribution in [0.15, 0.2) is 42.5 Å². The lowest BCUT2D eigenvalue weighted by atomic mass is 10.1. The minimum atomic E-state index is -0.325. The number of nitrogens with zero attached hydrogens (tertiary/aromatic N) is 2. The number of carbonyl (C=O) groups is 2. The van der Waals surface area contributed by atoms with Crippen molar-refractivity contribution in [1.29, 1.82) is 0 Å². The number of rotatable bonds is 3. The van der Waals surface area contributed by atoms with Crippen molar-refractivity contribution < 1.29 is 14.5 Å². The Labute approximate surface area is 174 Å². The number of hydrogen-bond donors (Lipinski definition) is 1. The van der Waals surface area contributed by atoms with Crippen LogP contribution in [0.3, 0.4) is 0 Å². The molecule has 1 atom stereocenters. The van der Waals surface area contributed by atoms with Crippen molar-refractivity contribution in [3.8, 4) is 0 Å². The Morgan fingerprint density at radius 2 is 1.71 bits per heavy atom. The van der Waals surface area contributed by atoms with Crippen LogP contribution in [0.1, 0.15) is 12.0 Å². The van der Waals surface area contributed by atoms with E-state index in [0.29, 0.717) is 10.7 Å².